The molecule has 0 bridgehead atoms. The Morgan fingerprint density at radius 3 is 2.56 bits per heavy atom. The van der Waals surface area contributed by atoms with Crippen molar-refractivity contribution in [3.8, 4) is 0 Å². The van der Waals surface area contributed by atoms with Crippen LogP contribution in [-0.4, -0.2) is 46.1 Å². The summed E-state index contributed by atoms with van der Waals surface area (Å²) in [5.41, 5.74) is 1.17. The molecule has 0 atom stereocenters. The number of aryl methyl sites for hydroxylation is 1. The van der Waals surface area contributed by atoms with E-state index in [0.29, 0.717) is 17.9 Å². The number of ether oxygens (including phenoxy) is 1. The second kappa shape index (κ2) is 6.79. The van der Waals surface area contributed by atoms with E-state index in [1.165, 1.54) is 12.4 Å². The summed E-state index contributed by atoms with van der Waals surface area (Å²) in [5, 5.41) is 6.53. The predicted octanol–water partition coefficient (Wildman–Crippen LogP) is 1.78. The SMILES string of the molecule is Cc1nc(S(C)(=O)=O)ncc1Cn1cc(NC(=O)OC(C)(C)C)cn1. The molecular weight excluding hydrogens is 346 g/mol. The number of sulfone groups is 1. The maximum absolute atomic E-state index is 11.7. The molecule has 1 N–H and O–H groups in total. The maximum atomic E-state index is 11.7. The van der Waals surface area contributed by atoms with E-state index in [1.807, 2.05) is 0 Å². The monoisotopic (exact) mass is 367 g/mol. The Balaban J connectivity index is 2.08. The van der Waals surface area contributed by atoms with Gasteiger partial charge < -0.3 is 4.74 Å². The van der Waals surface area contributed by atoms with Crippen molar-refractivity contribution in [3.63, 3.8) is 0 Å². The number of nitrogens with one attached hydrogen (secondary N) is 1. The van der Waals surface area contributed by atoms with E-state index < -0.39 is 21.5 Å². The van der Waals surface area contributed by atoms with Crippen LogP contribution in [0.5, 0.6) is 0 Å². The molecule has 136 valence electrons. The van der Waals surface area contributed by atoms with Crippen LogP contribution in [-0.2, 0) is 21.1 Å². The standard InChI is InChI=1S/C15H21N5O4S/c1-10-11(6-16-13(18-10)25(5,22)23)8-20-9-12(7-17-20)19-14(21)24-15(2,3)4/h6-7,9H,8H2,1-5H3,(H,19,21). The van der Waals surface area contributed by atoms with Crippen LogP contribution in [0.4, 0.5) is 10.5 Å². The zero-order valence-corrected chi connectivity index (χ0v) is 15.6. The normalized spacial score (nSPS) is 12.0. The average Bonchev–Trinajstić information content (AvgIpc) is 2.84. The number of carbonyl (C=O) groups excluding carboxylic acids is 1. The van der Waals surface area contributed by atoms with Crippen molar-refractivity contribution in [1.82, 2.24) is 19.7 Å². The van der Waals surface area contributed by atoms with Crippen LogP contribution in [0.3, 0.4) is 0 Å². The van der Waals surface area contributed by atoms with Crippen molar-refractivity contribution in [2.75, 3.05) is 11.6 Å². The van der Waals surface area contributed by atoms with Crippen LogP contribution in [0.15, 0.2) is 23.7 Å². The van der Waals surface area contributed by atoms with Gasteiger partial charge in [-0.2, -0.15) is 5.10 Å². The Morgan fingerprint density at radius 2 is 2.00 bits per heavy atom. The fourth-order valence-corrected chi connectivity index (χ4v) is 2.46. The third-order valence-corrected chi connectivity index (χ3v) is 3.86. The summed E-state index contributed by atoms with van der Waals surface area (Å²) in [7, 11) is -3.45. The number of nitrogens with zero attached hydrogens (tertiary/aromatic N) is 4. The fourth-order valence-electron chi connectivity index (χ4n) is 1.92. The number of anilines is 1. The van der Waals surface area contributed by atoms with E-state index in [-0.39, 0.29) is 5.16 Å². The largest absolute Gasteiger partial charge is 0.444 e. The minimum atomic E-state index is -3.45. The first-order valence-corrected chi connectivity index (χ1v) is 9.38. The summed E-state index contributed by atoms with van der Waals surface area (Å²) in [6.07, 6.45) is 5.08. The summed E-state index contributed by atoms with van der Waals surface area (Å²) in [6.45, 7) is 7.37. The van der Waals surface area contributed by atoms with Gasteiger partial charge in [-0.25, -0.2) is 23.2 Å². The van der Waals surface area contributed by atoms with Gasteiger partial charge in [0.25, 0.3) is 0 Å². The van der Waals surface area contributed by atoms with Crippen LogP contribution in [0.1, 0.15) is 32.0 Å². The van der Waals surface area contributed by atoms with Crippen LogP contribution in [0, 0.1) is 6.92 Å². The van der Waals surface area contributed by atoms with Gasteiger partial charge in [-0.3, -0.25) is 10.00 Å². The molecule has 2 rings (SSSR count). The van der Waals surface area contributed by atoms with Gasteiger partial charge in [0, 0.05) is 29.9 Å². The molecule has 0 aliphatic rings. The molecule has 2 aromatic heterocycles. The molecule has 0 aliphatic heterocycles. The number of hydrogen-bond acceptors (Lipinski definition) is 7. The molecular formula is C15H21N5O4S. The molecule has 0 saturated carbocycles. The van der Waals surface area contributed by atoms with Crippen LogP contribution >= 0.6 is 0 Å². The molecule has 0 radical (unpaired) electrons. The van der Waals surface area contributed by atoms with Crippen molar-refractivity contribution in [2.45, 2.75) is 45.0 Å². The van der Waals surface area contributed by atoms with E-state index in [0.717, 1.165) is 11.8 Å². The van der Waals surface area contributed by atoms with Gasteiger partial charge in [0.2, 0.25) is 15.0 Å². The lowest BCUT2D eigenvalue weighted by molar-refractivity contribution is 0.0636. The Labute approximate surface area is 146 Å². The van der Waals surface area contributed by atoms with E-state index >= 15 is 0 Å². The highest BCUT2D eigenvalue weighted by Crippen LogP contribution is 2.13. The van der Waals surface area contributed by atoms with Gasteiger partial charge in [0.05, 0.1) is 18.4 Å². The zero-order chi connectivity index (χ0) is 18.8. The third-order valence-electron chi connectivity index (χ3n) is 3.00. The molecule has 25 heavy (non-hydrogen) atoms. The first kappa shape index (κ1) is 18.8. The quantitative estimate of drug-likeness (QED) is 0.819. The van der Waals surface area contributed by atoms with Crippen molar-refractivity contribution in [1.29, 1.82) is 0 Å². The van der Waals surface area contributed by atoms with E-state index in [9.17, 15) is 13.2 Å². The molecule has 9 nitrogen and oxygen atoms in total. The molecule has 0 saturated heterocycles. The van der Waals surface area contributed by atoms with Crippen molar-refractivity contribution in [2.24, 2.45) is 0 Å². The van der Waals surface area contributed by atoms with Crippen molar-refractivity contribution in [3.05, 3.63) is 29.8 Å². The second-order valence-corrected chi connectivity index (χ2v) is 8.50. The second-order valence-electron chi connectivity index (χ2n) is 6.59. The highest BCUT2D eigenvalue weighted by Gasteiger charge is 2.17. The molecule has 0 aliphatic carbocycles. The lowest BCUT2D eigenvalue weighted by Crippen LogP contribution is -2.27. The smallest absolute Gasteiger partial charge is 0.412 e. The Kier molecular flexibility index (Phi) is 5.12. The van der Waals surface area contributed by atoms with Gasteiger partial charge in [-0.05, 0) is 27.7 Å². The summed E-state index contributed by atoms with van der Waals surface area (Å²) in [4.78, 5) is 19.6. The number of rotatable bonds is 4. The lowest BCUT2D eigenvalue weighted by Gasteiger charge is -2.19. The summed E-state index contributed by atoms with van der Waals surface area (Å²) < 4.78 is 29.7. The minimum Gasteiger partial charge on any atom is -0.444 e. The molecule has 2 aromatic rings. The number of hydrogen-bond donors (Lipinski definition) is 1. The van der Waals surface area contributed by atoms with Gasteiger partial charge >= 0.3 is 6.09 Å². The van der Waals surface area contributed by atoms with Crippen molar-refractivity contribution >= 4 is 21.6 Å². The highest BCUT2D eigenvalue weighted by atomic mass is 32.2. The highest BCUT2D eigenvalue weighted by molar-refractivity contribution is 7.90. The van der Waals surface area contributed by atoms with Gasteiger partial charge in [0.1, 0.15) is 5.60 Å². The van der Waals surface area contributed by atoms with E-state index in [1.54, 1.807) is 38.6 Å². The van der Waals surface area contributed by atoms with Gasteiger partial charge in [-0.15, -0.1) is 0 Å². The van der Waals surface area contributed by atoms with Crippen LogP contribution in [0.25, 0.3) is 0 Å². The number of carbonyl (C=O) groups is 1. The first-order chi connectivity index (χ1) is 11.4. The fraction of sp³-hybridized carbons (Fsp3) is 0.467. The molecule has 0 aromatic carbocycles. The van der Waals surface area contributed by atoms with Gasteiger partial charge in [0.15, 0.2) is 0 Å². The van der Waals surface area contributed by atoms with Crippen LogP contribution < -0.4 is 5.32 Å². The predicted molar refractivity (Wildman–Crippen MR) is 91.1 cm³/mol. The molecule has 0 unspecified atom stereocenters. The summed E-state index contributed by atoms with van der Waals surface area (Å²) in [6, 6.07) is 0. The molecule has 2 heterocycles. The Morgan fingerprint density at radius 1 is 1.32 bits per heavy atom. The average molecular weight is 367 g/mol. The Bertz CT molecular complexity index is 884. The number of aromatic nitrogens is 4. The lowest BCUT2D eigenvalue weighted by atomic mass is 10.2. The summed E-state index contributed by atoms with van der Waals surface area (Å²) in [5.74, 6) is 0. The molecule has 10 heteroatoms. The first-order valence-electron chi connectivity index (χ1n) is 7.49. The molecule has 0 spiro atoms. The molecule has 0 fully saturated rings. The van der Waals surface area contributed by atoms with E-state index in [4.69, 9.17) is 4.74 Å². The van der Waals surface area contributed by atoms with E-state index in [2.05, 4.69) is 20.4 Å². The van der Waals surface area contributed by atoms with Gasteiger partial charge in [-0.1, -0.05) is 0 Å². The Hall–Kier alpha value is -2.49. The number of amides is 1. The summed E-state index contributed by atoms with van der Waals surface area (Å²) >= 11 is 0. The molecule has 1 amide bonds. The topological polar surface area (TPSA) is 116 Å². The van der Waals surface area contributed by atoms with Crippen LogP contribution in [0.2, 0.25) is 0 Å². The third kappa shape index (κ3) is 5.52. The zero-order valence-electron chi connectivity index (χ0n) is 14.8. The minimum absolute atomic E-state index is 0.207. The maximum Gasteiger partial charge on any atom is 0.412 e. The van der Waals surface area contributed by atoms with Crippen molar-refractivity contribution < 1.29 is 17.9 Å².